The van der Waals surface area contributed by atoms with Crippen molar-refractivity contribution in [1.82, 2.24) is 10.6 Å². The van der Waals surface area contributed by atoms with Crippen LogP contribution in [0.3, 0.4) is 0 Å². The summed E-state index contributed by atoms with van der Waals surface area (Å²) in [6, 6.07) is -1.74. The number of nitrogens with two attached hydrogens (primary N) is 1. The van der Waals surface area contributed by atoms with Crippen LogP contribution in [-0.4, -0.2) is 182 Å². The summed E-state index contributed by atoms with van der Waals surface area (Å²) >= 11 is 0. The van der Waals surface area contributed by atoms with Crippen LogP contribution in [0.2, 0.25) is 18.1 Å². The monoisotopic (exact) mass is 1120 g/mol. The molecule has 2 aliphatic carbocycles. The molecule has 20 heteroatoms. The van der Waals surface area contributed by atoms with E-state index in [4.69, 9.17) is 48.1 Å². The van der Waals surface area contributed by atoms with Crippen LogP contribution in [0.25, 0.3) is 0 Å². The number of rotatable bonds is 18. The van der Waals surface area contributed by atoms with Gasteiger partial charge in [0.1, 0.15) is 48.0 Å². The number of likely N-dealkylation sites (N-methyl/N-ethyl adjacent to an activating group) is 2. The molecule has 10 N–H and O–H groups in total. The fourth-order valence-electron chi connectivity index (χ4n) is 11.0. The van der Waals surface area contributed by atoms with Gasteiger partial charge >= 0.3 is 0 Å². The molecule has 4 fully saturated rings. The molecule has 6 aliphatic rings. The van der Waals surface area contributed by atoms with E-state index in [0.717, 1.165) is 62.8 Å². The maximum Gasteiger partial charge on any atom is 0.202 e. The van der Waals surface area contributed by atoms with E-state index in [1.54, 1.807) is 27.9 Å². The highest BCUT2D eigenvalue weighted by atomic mass is 28.4. The first kappa shape index (κ1) is 69.6. The zero-order valence-electron chi connectivity index (χ0n) is 49.1. The Morgan fingerprint density at radius 2 is 1.09 bits per heavy atom. The average Bonchev–Trinajstić information content (AvgIpc) is 3.35. The van der Waals surface area contributed by atoms with Crippen molar-refractivity contribution in [3.05, 3.63) is 23.7 Å². The van der Waals surface area contributed by atoms with Crippen LogP contribution >= 0.6 is 0 Å². The number of aliphatic hydroxyl groups is 6. The Morgan fingerprint density at radius 3 is 1.49 bits per heavy atom. The second-order valence-electron chi connectivity index (χ2n) is 24.6. The second kappa shape index (κ2) is 30.6. The Labute approximate surface area is 464 Å². The summed E-state index contributed by atoms with van der Waals surface area (Å²) in [4.78, 5) is 9.17. The molecule has 22 atom stereocenters. The predicted octanol–water partition coefficient (Wildman–Crippen LogP) is 5.76. The minimum atomic E-state index is -1.86. The van der Waals surface area contributed by atoms with E-state index in [1.807, 2.05) is 20.8 Å². The SMILES string of the molecule is C.CCC1=CC[C@@H](C)[C@@H](O[C@H]2[C@H](O)[C@@H](O[C@H]3OC[C@](C)(O)[C@H](NC)[C@H]3O)[C@H](CCCO[Si](C)(C)C(C)(C)C)C[C@@H]2C)O1.CCC1=CC[C@@H](C)[C@@H](O[C@H]2[C@H](O)[C@@H](O[C@H]3OC[C@](C)(O)[C@H](NC)[C@H]3O)[C@H](N)C[C@@H]2C)O1.CCC=O. The number of aliphatic hydroxyl groups excluding tert-OH is 4. The summed E-state index contributed by atoms with van der Waals surface area (Å²) in [5.41, 5.74) is 3.83. The lowest BCUT2D eigenvalue weighted by atomic mass is 9.74. The summed E-state index contributed by atoms with van der Waals surface area (Å²) in [6.07, 6.45) is 2.52. The van der Waals surface area contributed by atoms with E-state index in [1.165, 1.54) is 0 Å². The molecule has 77 heavy (non-hydrogen) atoms. The molecule has 0 aromatic carbocycles. The Morgan fingerprint density at radius 1 is 0.688 bits per heavy atom. The third-order valence-corrected chi connectivity index (χ3v) is 21.4. The van der Waals surface area contributed by atoms with Gasteiger partial charge in [0.25, 0.3) is 0 Å². The molecule has 19 nitrogen and oxygen atoms in total. The van der Waals surface area contributed by atoms with Gasteiger partial charge in [0.2, 0.25) is 12.6 Å². The smallest absolute Gasteiger partial charge is 0.202 e. The molecule has 2 saturated carbocycles. The van der Waals surface area contributed by atoms with E-state index in [9.17, 15) is 35.4 Å². The number of hydrogen-bond donors (Lipinski definition) is 9. The van der Waals surface area contributed by atoms with Gasteiger partial charge in [0.15, 0.2) is 20.9 Å². The van der Waals surface area contributed by atoms with Crippen LogP contribution in [-0.2, 0) is 47.1 Å². The molecule has 0 radical (unpaired) electrons. The third kappa shape index (κ3) is 18.2. The topological polar surface area (TPSA) is 272 Å². The van der Waals surface area contributed by atoms with Gasteiger partial charge in [-0.2, -0.15) is 0 Å². The lowest BCUT2D eigenvalue weighted by Gasteiger charge is -2.49. The Balaban J connectivity index is 0.000000386. The van der Waals surface area contributed by atoms with Gasteiger partial charge < -0.3 is 94.1 Å². The van der Waals surface area contributed by atoms with Crippen LogP contribution in [0, 0.1) is 29.6 Å². The molecule has 0 unspecified atom stereocenters. The quantitative estimate of drug-likeness (QED) is 0.0449. The maximum absolute atomic E-state index is 11.8. The van der Waals surface area contributed by atoms with Crippen molar-refractivity contribution in [2.24, 2.45) is 35.3 Å². The molecule has 2 saturated heterocycles. The highest BCUT2D eigenvalue weighted by Gasteiger charge is 2.53. The number of carbonyl (C=O) groups excluding carboxylic acids is 1. The molecule has 6 rings (SSSR count). The standard InChI is InChI=1S/C31H59NO8Si.C22H40N2O7.C3H6O.CH4/c1-11-22-15-14-19(2)28(38-22)39-25-20(3)17-21(13-12-16-37-41(9,10)30(4,5)6)26(23(25)33)40-29-24(34)27(32-8)31(7,35)18-36-29;1-6-13-8-7-11(2)20(29-13)30-17-12(3)9-14(23)18(15(17)25)31-21-16(26)19(24-5)22(4,27)10-28-21;1-2-3-4;/h15,19-21,23-29,32-35H,11-14,16-18H2,1-10H3;8,11-12,14-21,24-27H,6-7,9-10,23H2,1-5H3;3H,2H2,1H3;1H4/t19-,20+,21-,23+,24-,25-,26+,27-,28-,29-,31+;11-,12+,14-,15+,16-,17-,18+,19-,20-,21-,22+;;/m11../s1. The van der Waals surface area contributed by atoms with Crippen molar-refractivity contribution in [3.63, 3.8) is 0 Å². The number of ether oxygens (including phenoxy) is 8. The summed E-state index contributed by atoms with van der Waals surface area (Å²) in [6.45, 7) is 29.3. The summed E-state index contributed by atoms with van der Waals surface area (Å²) in [7, 11) is 1.49. The van der Waals surface area contributed by atoms with Gasteiger partial charge in [-0.05, 0) is 115 Å². The van der Waals surface area contributed by atoms with Crippen molar-refractivity contribution in [1.29, 1.82) is 0 Å². The lowest BCUT2D eigenvalue weighted by molar-refractivity contribution is -0.312. The zero-order valence-corrected chi connectivity index (χ0v) is 50.1. The molecule has 0 spiro atoms. The zero-order chi connectivity index (χ0) is 57.1. The molecule has 4 heterocycles. The first-order chi connectivity index (χ1) is 35.5. The lowest BCUT2D eigenvalue weighted by Crippen LogP contribution is -2.67. The molecule has 0 bridgehead atoms. The summed E-state index contributed by atoms with van der Waals surface area (Å²) < 4.78 is 55.2. The van der Waals surface area contributed by atoms with Gasteiger partial charge in [-0.1, -0.05) is 76.7 Å². The number of hydrogen-bond acceptors (Lipinski definition) is 19. The Bertz CT molecular complexity index is 1800. The molecule has 0 aromatic heterocycles. The van der Waals surface area contributed by atoms with Crippen molar-refractivity contribution in [2.75, 3.05) is 33.9 Å². The molecule has 0 aromatic rings. The summed E-state index contributed by atoms with van der Waals surface area (Å²) in [5, 5.41) is 72.0. The van der Waals surface area contributed by atoms with Crippen molar-refractivity contribution in [3.8, 4) is 0 Å². The highest BCUT2D eigenvalue weighted by molar-refractivity contribution is 6.74. The highest BCUT2D eigenvalue weighted by Crippen LogP contribution is 2.42. The fourth-order valence-corrected chi connectivity index (χ4v) is 12.1. The van der Waals surface area contributed by atoms with Gasteiger partial charge in [-0.15, -0.1) is 0 Å². The van der Waals surface area contributed by atoms with Crippen molar-refractivity contribution in [2.45, 2.75) is 270 Å². The van der Waals surface area contributed by atoms with E-state index >= 15 is 0 Å². The molecule has 0 amide bonds. The van der Waals surface area contributed by atoms with E-state index in [2.05, 4.69) is 84.3 Å². The van der Waals surface area contributed by atoms with E-state index < -0.39 is 112 Å². The minimum absolute atomic E-state index is 0. The van der Waals surface area contributed by atoms with Gasteiger partial charge in [0, 0.05) is 43.7 Å². The number of nitrogens with one attached hydrogen (secondary N) is 2. The van der Waals surface area contributed by atoms with E-state index in [0.29, 0.717) is 19.4 Å². The number of carbonyl (C=O) groups is 1. The van der Waals surface area contributed by atoms with Gasteiger partial charge in [-0.25, -0.2) is 0 Å². The van der Waals surface area contributed by atoms with Crippen LogP contribution in [0.4, 0.5) is 0 Å². The van der Waals surface area contributed by atoms with Crippen LogP contribution in [0.15, 0.2) is 23.7 Å². The molecular formula is C57H109N3O16Si. The van der Waals surface area contributed by atoms with Crippen molar-refractivity contribution >= 4 is 14.6 Å². The first-order valence-electron chi connectivity index (χ1n) is 28.4. The van der Waals surface area contributed by atoms with Gasteiger partial charge in [0.05, 0.1) is 55.1 Å². The second-order valence-corrected chi connectivity index (χ2v) is 29.4. The summed E-state index contributed by atoms with van der Waals surface area (Å²) in [5.74, 6) is 2.23. The van der Waals surface area contributed by atoms with E-state index in [-0.39, 0.29) is 55.3 Å². The molecule has 452 valence electrons. The maximum atomic E-state index is 11.8. The van der Waals surface area contributed by atoms with Crippen LogP contribution < -0.4 is 16.4 Å². The average molecular weight is 1120 g/mol. The van der Waals surface area contributed by atoms with Crippen LogP contribution in [0.1, 0.15) is 148 Å². The molecule has 4 aliphatic heterocycles. The first-order valence-corrected chi connectivity index (χ1v) is 31.3. The van der Waals surface area contributed by atoms with Crippen molar-refractivity contribution < 1.29 is 77.8 Å². The predicted molar refractivity (Wildman–Crippen MR) is 298 cm³/mol. The van der Waals surface area contributed by atoms with Gasteiger partial charge in [-0.3, -0.25) is 0 Å². The third-order valence-electron chi connectivity index (χ3n) is 16.9. The largest absolute Gasteiger partial charge is 0.469 e. The fraction of sp³-hybridized carbons (Fsp3) is 0.912. The number of aldehydes is 1. The Hall–Kier alpha value is -1.67. The minimum Gasteiger partial charge on any atom is -0.469 e. The normalized spacial score (nSPS) is 41.6. The Kier molecular flexibility index (Phi) is 27.6. The number of allylic oxidation sites excluding steroid dienone is 4. The molecular weight excluding hydrogens is 1010 g/mol. The van der Waals surface area contributed by atoms with Crippen LogP contribution in [0.5, 0.6) is 0 Å².